The quantitative estimate of drug-likeness (QED) is 0.553. The molecule has 2 nitrogen and oxygen atoms in total. The molecule has 0 spiro atoms. The molecule has 4 fully saturated rings. The molecular weight excluding hydrogens is 356 g/mol. The highest BCUT2D eigenvalue weighted by molar-refractivity contribution is 5.38. The summed E-state index contributed by atoms with van der Waals surface area (Å²) < 4.78 is 5.86. The van der Waals surface area contributed by atoms with Crippen LogP contribution < -0.4 is 0 Å². The normalized spacial score (nSPS) is 48.7. The van der Waals surface area contributed by atoms with Gasteiger partial charge >= 0.3 is 0 Å². The van der Waals surface area contributed by atoms with Crippen LogP contribution >= 0.6 is 0 Å². The largest absolute Gasteiger partial charge is 0.393 e. The summed E-state index contributed by atoms with van der Waals surface area (Å²) >= 11 is 0. The third kappa shape index (κ3) is 3.11. The smallest absolute Gasteiger partial charge is 0.0892 e. The molecule has 0 aromatic rings. The van der Waals surface area contributed by atoms with Gasteiger partial charge in [-0.05, 0) is 106 Å². The number of rotatable bonds is 4. The second-order valence-electron chi connectivity index (χ2n) is 12.3. The SMILES string of the molecule is C[C@H](CCC1OC1(C)C)C1CCC2C3=CC=C4CC(O)CCC4(C)C3CCC21C. The van der Waals surface area contributed by atoms with Crippen LogP contribution in [0.1, 0.15) is 92.4 Å². The Kier molecular flexibility index (Phi) is 4.69. The van der Waals surface area contributed by atoms with Crippen molar-refractivity contribution in [2.45, 2.75) is 110 Å². The summed E-state index contributed by atoms with van der Waals surface area (Å²) in [6, 6.07) is 0. The van der Waals surface area contributed by atoms with E-state index in [0.717, 1.165) is 36.5 Å². The molecule has 5 rings (SSSR count). The fourth-order valence-electron chi connectivity index (χ4n) is 8.31. The first-order valence-electron chi connectivity index (χ1n) is 12.4. The van der Waals surface area contributed by atoms with Gasteiger partial charge in [0.1, 0.15) is 0 Å². The predicted octanol–water partition coefficient (Wildman–Crippen LogP) is 6.44. The van der Waals surface area contributed by atoms with Crippen molar-refractivity contribution in [1.82, 2.24) is 0 Å². The Bertz CT molecular complexity index is 733. The lowest BCUT2D eigenvalue weighted by atomic mass is 9.50. The molecule has 0 aromatic heterocycles. The zero-order valence-electron chi connectivity index (χ0n) is 19.3. The average Bonchev–Trinajstić information content (AvgIpc) is 3.11. The Morgan fingerprint density at radius 3 is 2.52 bits per heavy atom. The molecule has 5 aliphatic rings. The summed E-state index contributed by atoms with van der Waals surface area (Å²) in [5, 5.41) is 10.2. The van der Waals surface area contributed by atoms with Gasteiger partial charge in [0.05, 0.1) is 17.8 Å². The summed E-state index contributed by atoms with van der Waals surface area (Å²) in [7, 11) is 0. The monoisotopic (exact) mass is 398 g/mol. The lowest BCUT2D eigenvalue weighted by molar-refractivity contribution is 0.0322. The predicted molar refractivity (Wildman–Crippen MR) is 119 cm³/mol. The molecule has 3 saturated carbocycles. The van der Waals surface area contributed by atoms with Gasteiger partial charge in [-0.25, -0.2) is 0 Å². The number of ether oxygens (including phenoxy) is 1. The lowest BCUT2D eigenvalue weighted by Gasteiger charge is -2.55. The first-order chi connectivity index (χ1) is 13.6. The maximum atomic E-state index is 10.2. The van der Waals surface area contributed by atoms with E-state index < -0.39 is 0 Å². The van der Waals surface area contributed by atoms with Gasteiger partial charge in [0, 0.05) is 0 Å². The van der Waals surface area contributed by atoms with Gasteiger partial charge in [-0.2, -0.15) is 0 Å². The molecule has 0 amide bonds. The average molecular weight is 399 g/mol. The number of hydrogen-bond acceptors (Lipinski definition) is 2. The highest BCUT2D eigenvalue weighted by atomic mass is 16.6. The van der Waals surface area contributed by atoms with Crippen molar-refractivity contribution in [2.24, 2.45) is 34.5 Å². The van der Waals surface area contributed by atoms with Crippen molar-refractivity contribution < 1.29 is 9.84 Å². The topological polar surface area (TPSA) is 32.8 Å². The van der Waals surface area contributed by atoms with Gasteiger partial charge in [0.2, 0.25) is 0 Å². The molecule has 1 heterocycles. The van der Waals surface area contributed by atoms with Crippen molar-refractivity contribution >= 4 is 0 Å². The molecule has 1 aliphatic heterocycles. The summed E-state index contributed by atoms with van der Waals surface area (Å²) in [4.78, 5) is 0. The Balaban J connectivity index is 1.34. The number of aliphatic hydroxyl groups excluding tert-OH is 1. The first-order valence-corrected chi connectivity index (χ1v) is 12.4. The number of epoxide rings is 1. The van der Waals surface area contributed by atoms with Gasteiger partial charge in [0.25, 0.3) is 0 Å². The molecule has 29 heavy (non-hydrogen) atoms. The zero-order valence-corrected chi connectivity index (χ0v) is 19.3. The molecular formula is C27H42O2. The van der Waals surface area contributed by atoms with Gasteiger partial charge in [0.15, 0.2) is 0 Å². The van der Waals surface area contributed by atoms with Crippen LogP contribution in [0.4, 0.5) is 0 Å². The van der Waals surface area contributed by atoms with E-state index in [4.69, 9.17) is 4.74 Å². The third-order valence-electron chi connectivity index (χ3n) is 10.4. The molecule has 162 valence electrons. The minimum atomic E-state index is -0.115. The summed E-state index contributed by atoms with van der Waals surface area (Å²) in [5.41, 5.74) is 4.24. The Hall–Kier alpha value is -0.600. The van der Waals surface area contributed by atoms with Crippen molar-refractivity contribution in [3.8, 4) is 0 Å². The molecule has 7 unspecified atom stereocenters. The Morgan fingerprint density at radius 2 is 1.79 bits per heavy atom. The number of aliphatic hydroxyl groups is 1. The van der Waals surface area contributed by atoms with Crippen LogP contribution in [-0.2, 0) is 4.74 Å². The summed E-state index contributed by atoms with van der Waals surface area (Å²) in [5.74, 6) is 3.17. The highest BCUT2D eigenvalue weighted by Gasteiger charge is 2.57. The van der Waals surface area contributed by atoms with E-state index in [-0.39, 0.29) is 11.7 Å². The second kappa shape index (κ2) is 6.70. The van der Waals surface area contributed by atoms with E-state index in [9.17, 15) is 5.11 Å². The molecule has 0 radical (unpaired) electrons. The van der Waals surface area contributed by atoms with Crippen molar-refractivity contribution in [2.75, 3.05) is 0 Å². The maximum Gasteiger partial charge on any atom is 0.0892 e. The molecule has 8 atom stereocenters. The third-order valence-corrected chi connectivity index (χ3v) is 10.4. The van der Waals surface area contributed by atoms with E-state index >= 15 is 0 Å². The van der Waals surface area contributed by atoms with Crippen molar-refractivity contribution in [3.63, 3.8) is 0 Å². The summed E-state index contributed by atoms with van der Waals surface area (Å²) in [6.07, 6.45) is 16.5. The number of hydrogen-bond donors (Lipinski definition) is 1. The van der Waals surface area contributed by atoms with Gasteiger partial charge < -0.3 is 9.84 Å². The second-order valence-corrected chi connectivity index (χ2v) is 12.3. The van der Waals surface area contributed by atoms with Crippen LogP contribution in [0.5, 0.6) is 0 Å². The minimum Gasteiger partial charge on any atom is -0.393 e. The molecule has 0 aromatic carbocycles. The van der Waals surface area contributed by atoms with Crippen LogP contribution in [0, 0.1) is 34.5 Å². The molecule has 4 aliphatic carbocycles. The molecule has 1 saturated heterocycles. The molecule has 2 heteroatoms. The van der Waals surface area contributed by atoms with Crippen molar-refractivity contribution in [3.05, 3.63) is 23.3 Å². The van der Waals surface area contributed by atoms with E-state index in [2.05, 4.69) is 46.8 Å². The fraction of sp³-hybridized carbons (Fsp3) is 0.852. The standard InChI is InChI=1S/C27H42O2/c1-17(6-11-24-25(2,3)29-24)21-9-10-22-20-8-7-18-16-19(28)12-14-26(18,4)23(20)13-15-27(21,22)5/h7-8,17,19,21-24,28H,6,9-16H2,1-5H3/t17-,19?,21?,22?,23?,24?,26?,27?/m1/s1. The van der Waals surface area contributed by atoms with Gasteiger partial charge in [-0.3, -0.25) is 0 Å². The number of allylic oxidation sites excluding steroid dienone is 3. The maximum absolute atomic E-state index is 10.2. The Labute approximate surface area is 178 Å². The van der Waals surface area contributed by atoms with E-state index in [1.807, 2.05) is 0 Å². The van der Waals surface area contributed by atoms with Crippen LogP contribution in [0.2, 0.25) is 0 Å². The van der Waals surface area contributed by atoms with E-state index in [1.165, 1.54) is 50.5 Å². The van der Waals surface area contributed by atoms with Gasteiger partial charge in [-0.15, -0.1) is 0 Å². The van der Waals surface area contributed by atoms with Crippen LogP contribution in [0.15, 0.2) is 23.3 Å². The Morgan fingerprint density at radius 1 is 1.03 bits per heavy atom. The van der Waals surface area contributed by atoms with Crippen molar-refractivity contribution in [1.29, 1.82) is 0 Å². The minimum absolute atomic E-state index is 0.115. The highest BCUT2D eigenvalue weighted by Crippen LogP contribution is 2.66. The van der Waals surface area contributed by atoms with E-state index in [1.54, 1.807) is 5.57 Å². The first kappa shape index (κ1) is 20.3. The van der Waals surface area contributed by atoms with Gasteiger partial charge in [-0.1, -0.05) is 44.1 Å². The van der Waals surface area contributed by atoms with Crippen LogP contribution in [-0.4, -0.2) is 22.9 Å². The molecule has 0 bridgehead atoms. The van der Waals surface area contributed by atoms with Crippen LogP contribution in [0.25, 0.3) is 0 Å². The lowest BCUT2D eigenvalue weighted by Crippen LogP contribution is -2.46. The number of fused-ring (bicyclic) bond motifs is 5. The summed E-state index contributed by atoms with van der Waals surface area (Å²) in [6.45, 7) is 12.1. The molecule has 1 N–H and O–H groups in total. The van der Waals surface area contributed by atoms with Crippen LogP contribution in [0.3, 0.4) is 0 Å². The van der Waals surface area contributed by atoms with E-state index in [0.29, 0.717) is 16.9 Å². The fourth-order valence-corrected chi connectivity index (χ4v) is 8.31. The zero-order chi connectivity index (χ0) is 20.6.